The number of hydrogen-bond donors (Lipinski definition) is 1. The zero-order valence-corrected chi connectivity index (χ0v) is 16.1. The number of hydrogen-bond acceptors (Lipinski definition) is 4. The topological polar surface area (TPSA) is 55.1 Å². The summed E-state index contributed by atoms with van der Waals surface area (Å²) in [4.78, 5) is 16.8. The van der Waals surface area contributed by atoms with Crippen LogP contribution < -0.4 is 5.69 Å². The van der Waals surface area contributed by atoms with Gasteiger partial charge >= 0.3 is 5.69 Å². The fourth-order valence-corrected chi connectivity index (χ4v) is 4.45. The molecule has 0 aliphatic heterocycles. The fraction of sp³-hybridized carbons (Fsp3) is 0.444. The molecule has 3 rings (SSSR count). The summed E-state index contributed by atoms with van der Waals surface area (Å²) in [6, 6.07) is 5.58. The van der Waals surface area contributed by atoms with Crippen LogP contribution in [0.15, 0.2) is 28.0 Å². The van der Waals surface area contributed by atoms with Crippen molar-refractivity contribution in [3.8, 4) is 0 Å². The molecule has 4 nitrogen and oxygen atoms in total. The Morgan fingerprint density at radius 1 is 1.20 bits per heavy atom. The molecule has 134 valence electrons. The van der Waals surface area contributed by atoms with Crippen molar-refractivity contribution in [2.45, 2.75) is 49.4 Å². The predicted molar refractivity (Wildman–Crippen MR) is 103 cm³/mol. The van der Waals surface area contributed by atoms with E-state index in [4.69, 9.17) is 28.3 Å². The highest BCUT2D eigenvalue weighted by molar-refractivity contribution is 7.98. The van der Waals surface area contributed by atoms with Crippen LogP contribution in [0.2, 0.25) is 10.0 Å². The number of benzene rings is 1. The van der Waals surface area contributed by atoms with Crippen molar-refractivity contribution >= 4 is 35.0 Å². The lowest BCUT2D eigenvalue weighted by Crippen LogP contribution is -2.30. The van der Waals surface area contributed by atoms with Crippen molar-refractivity contribution in [1.29, 1.82) is 0 Å². The minimum Gasteiger partial charge on any atom is -0.396 e. The van der Waals surface area contributed by atoms with E-state index in [2.05, 4.69) is 4.98 Å². The Morgan fingerprint density at radius 3 is 2.76 bits per heavy atom. The number of rotatable bonds is 6. The molecule has 1 aromatic heterocycles. The van der Waals surface area contributed by atoms with Gasteiger partial charge in [0, 0.05) is 30.2 Å². The van der Waals surface area contributed by atoms with Gasteiger partial charge in [-0.2, -0.15) is 4.98 Å². The van der Waals surface area contributed by atoms with Crippen molar-refractivity contribution in [2.24, 2.45) is 0 Å². The molecule has 1 aromatic carbocycles. The molecule has 0 amide bonds. The number of halogens is 2. The van der Waals surface area contributed by atoms with E-state index in [0.29, 0.717) is 28.8 Å². The van der Waals surface area contributed by atoms with Crippen molar-refractivity contribution in [3.05, 3.63) is 55.5 Å². The minimum absolute atomic E-state index is 0.0784. The number of thioether (sulfide) groups is 1. The molecule has 0 spiro atoms. The largest absolute Gasteiger partial charge is 0.396 e. The SMILES string of the molecule is O=c1nc(SCc2ccc(Cl)c(Cl)c2)c2c(n1CCCO)CCCC2. The van der Waals surface area contributed by atoms with Crippen LogP contribution in [0.25, 0.3) is 0 Å². The van der Waals surface area contributed by atoms with Gasteiger partial charge in [0.15, 0.2) is 0 Å². The molecule has 1 aliphatic rings. The van der Waals surface area contributed by atoms with Crippen molar-refractivity contribution in [1.82, 2.24) is 9.55 Å². The second-order valence-corrected chi connectivity index (χ2v) is 7.88. The van der Waals surface area contributed by atoms with Crippen molar-refractivity contribution in [2.75, 3.05) is 6.61 Å². The Kier molecular flexibility index (Phi) is 6.44. The molecule has 25 heavy (non-hydrogen) atoms. The zero-order chi connectivity index (χ0) is 17.8. The summed E-state index contributed by atoms with van der Waals surface area (Å²) in [5.41, 5.74) is 3.12. The second kappa shape index (κ2) is 8.58. The maximum Gasteiger partial charge on any atom is 0.348 e. The molecule has 2 aromatic rings. The fourth-order valence-electron chi connectivity index (χ4n) is 3.11. The van der Waals surface area contributed by atoms with E-state index in [9.17, 15) is 4.79 Å². The highest BCUT2D eigenvalue weighted by Crippen LogP contribution is 2.31. The molecule has 1 heterocycles. The van der Waals surface area contributed by atoms with E-state index >= 15 is 0 Å². The summed E-state index contributed by atoms with van der Waals surface area (Å²) >= 11 is 13.6. The number of aliphatic hydroxyl groups is 1. The van der Waals surface area contributed by atoms with Gasteiger partial charge in [-0.25, -0.2) is 4.79 Å². The lowest BCUT2D eigenvalue weighted by molar-refractivity contribution is 0.277. The summed E-state index contributed by atoms with van der Waals surface area (Å²) in [5, 5.41) is 11.0. The second-order valence-electron chi connectivity index (χ2n) is 6.10. The molecule has 0 saturated carbocycles. The van der Waals surface area contributed by atoms with Gasteiger partial charge in [0.25, 0.3) is 0 Å². The first-order valence-electron chi connectivity index (χ1n) is 8.40. The average Bonchev–Trinajstić information content (AvgIpc) is 2.62. The van der Waals surface area contributed by atoms with Crippen LogP contribution in [0.4, 0.5) is 0 Å². The molecule has 0 saturated heterocycles. The Bertz CT molecular complexity index is 823. The molecule has 0 unspecified atom stereocenters. The Labute approximate surface area is 161 Å². The van der Waals surface area contributed by atoms with E-state index < -0.39 is 0 Å². The van der Waals surface area contributed by atoms with Crippen LogP contribution in [0.5, 0.6) is 0 Å². The molecule has 0 bridgehead atoms. The smallest absolute Gasteiger partial charge is 0.348 e. The first kappa shape index (κ1) is 18.8. The van der Waals surface area contributed by atoms with Crippen LogP contribution in [-0.4, -0.2) is 21.3 Å². The van der Waals surface area contributed by atoms with Crippen molar-refractivity contribution < 1.29 is 5.11 Å². The molecule has 0 fully saturated rings. The van der Waals surface area contributed by atoms with Gasteiger partial charge in [0.2, 0.25) is 0 Å². The quantitative estimate of drug-likeness (QED) is 0.587. The lowest BCUT2D eigenvalue weighted by Gasteiger charge is -2.22. The van der Waals surface area contributed by atoms with Crippen LogP contribution >= 0.6 is 35.0 Å². The van der Waals surface area contributed by atoms with E-state index in [0.717, 1.165) is 42.0 Å². The first-order chi connectivity index (χ1) is 12.1. The van der Waals surface area contributed by atoms with Crippen LogP contribution in [0.1, 0.15) is 36.1 Å². The first-order valence-corrected chi connectivity index (χ1v) is 10.1. The number of nitrogens with zero attached hydrogens (tertiary/aromatic N) is 2. The lowest BCUT2D eigenvalue weighted by atomic mass is 9.97. The van der Waals surface area contributed by atoms with Gasteiger partial charge in [-0.1, -0.05) is 29.3 Å². The minimum atomic E-state index is -0.217. The zero-order valence-electron chi connectivity index (χ0n) is 13.8. The van der Waals surface area contributed by atoms with E-state index in [1.54, 1.807) is 22.4 Å². The number of aliphatic hydroxyl groups excluding tert-OH is 1. The van der Waals surface area contributed by atoms with Gasteiger partial charge in [-0.3, -0.25) is 4.57 Å². The highest BCUT2D eigenvalue weighted by Gasteiger charge is 2.20. The van der Waals surface area contributed by atoms with E-state index in [-0.39, 0.29) is 12.3 Å². The molecule has 1 aliphatic carbocycles. The summed E-state index contributed by atoms with van der Waals surface area (Å²) in [6.07, 6.45) is 4.63. The van der Waals surface area contributed by atoms with Crippen molar-refractivity contribution in [3.63, 3.8) is 0 Å². The normalized spacial score (nSPS) is 13.7. The molecular formula is C18H20Cl2N2O2S. The Hall–Kier alpha value is -1.01. The molecule has 7 heteroatoms. The highest BCUT2D eigenvalue weighted by atomic mass is 35.5. The number of aromatic nitrogens is 2. The average molecular weight is 399 g/mol. The Morgan fingerprint density at radius 2 is 2.00 bits per heavy atom. The van der Waals surface area contributed by atoms with E-state index in [1.807, 2.05) is 12.1 Å². The van der Waals surface area contributed by atoms with Gasteiger partial charge in [-0.15, -0.1) is 11.8 Å². The predicted octanol–water partition coefficient (Wildman–Crippen LogP) is 4.10. The monoisotopic (exact) mass is 398 g/mol. The summed E-state index contributed by atoms with van der Waals surface area (Å²) in [7, 11) is 0. The van der Waals surface area contributed by atoms with E-state index in [1.165, 1.54) is 5.56 Å². The molecular weight excluding hydrogens is 379 g/mol. The van der Waals surface area contributed by atoms with Gasteiger partial charge in [-0.05, 0) is 49.8 Å². The summed E-state index contributed by atoms with van der Waals surface area (Å²) < 4.78 is 1.74. The van der Waals surface area contributed by atoms with Gasteiger partial charge < -0.3 is 5.11 Å². The van der Waals surface area contributed by atoms with Gasteiger partial charge in [0.05, 0.1) is 10.0 Å². The maximum atomic E-state index is 12.4. The molecule has 0 radical (unpaired) electrons. The third-order valence-electron chi connectivity index (χ3n) is 4.35. The van der Waals surface area contributed by atoms with Crippen LogP contribution in [-0.2, 0) is 25.1 Å². The molecule has 1 N–H and O–H groups in total. The molecule has 0 atom stereocenters. The third kappa shape index (κ3) is 4.40. The third-order valence-corrected chi connectivity index (χ3v) is 6.18. The van der Waals surface area contributed by atoms with Crippen LogP contribution in [0.3, 0.4) is 0 Å². The van der Waals surface area contributed by atoms with Gasteiger partial charge in [0.1, 0.15) is 5.03 Å². The van der Waals surface area contributed by atoms with Crippen LogP contribution in [0, 0.1) is 0 Å². The number of fused-ring (bicyclic) bond motifs is 1. The summed E-state index contributed by atoms with van der Waals surface area (Å²) in [5.74, 6) is 0.691. The Balaban J connectivity index is 1.87. The maximum absolute atomic E-state index is 12.4. The summed E-state index contributed by atoms with van der Waals surface area (Å²) in [6.45, 7) is 0.609. The standard InChI is InChI=1S/C18H20Cl2N2O2S/c19-14-7-6-12(10-15(14)20)11-25-17-13-4-1-2-5-16(13)22(8-3-9-23)18(24)21-17/h6-7,10,23H,1-5,8-9,11H2.